The monoisotopic (exact) mass is 283 g/mol. The number of para-hydroxylation sites is 1. The Balaban J connectivity index is 1.86. The lowest BCUT2D eigenvalue weighted by Gasteiger charge is -2.11. The molecular formula is C17H14ClNO. The summed E-state index contributed by atoms with van der Waals surface area (Å²) in [7, 11) is 0. The van der Waals surface area contributed by atoms with Crippen molar-refractivity contribution in [1.82, 2.24) is 4.98 Å². The van der Waals surface area contributed by atoms with E-state index in [1.54, 1.807) is 6.20 Å². The molecule has 0 radical (unpaired) electrons. The Hall–Kier alpha value is -1.90. The van der Waals surface area contributed by atoms with E-state index in [0.29, 0.717) is 11.4 Å². The molecule has 1 atom stereocenters. The van der Waals surface area contributed by atoms with Crippen LogP contribution in [0.2, 0.25) is 5.02 Å². The van der Waals surface area contributed by atoms with Crippen LogP contribution < -0.4 is 0 Å². The molecule has 1 heterocycles. The normalized spacial score (nSPS) is 12.5. The van der Waals surface area contributed by atoms with Gasteiger partial charge in [-0.1, -0.05) is 41.9 Å². The summed E-state index contributed by atoms with van der Waals surface area (Å²) in [6.45, 7) is 0. The van der Waals surface area contributed by atoms with Crippen molar-refractivity contribution in [3.63, 3.8) is 0 Å². The van der Waals surface area contributed by atoms with E-state index >= 15 is 0 Å². The minimum Gasteiger partial charge on any atom is -0.388 e. The minimum atomic E-state index is -0.578. The zero-order valence-corrected chi connectivity index (χ0v) is 11.6. The smallest absolute Gasteiger partial charge is 0.0845 e. The SMILES string of the molecule is OC(Cc1cccc(Cl)c1)c1cnc2ccccc2c1. The van der Waals surface area contributed by atoms with Crippen molar-refractivity contribution in [2.24, 2.45) is 0 Å². The number of rotatable bonds is 3. The quantitative estimate of drug-likeness (QED) is 0.783. The Kier molecular flexibility index (Phi) is 3.68. The zero-order valence-electron chi connectivity index (χ0n) is 10.8. The van der Waals surface area contributed by atoms with E-state index in [4.69, 9.17) is 11.6 Å². The van der Waals surface area contributed by atoms with Crippen LogP contribution in [-0.4, -0.2) is 10.1 Å². The molecule has 100 valence electrons. The first-order valence-electron chi connectivity index (χ1n) is 6.49. The number of hydrogen-bond donors (Lipinski definition) is 1. The summed E-state index contributed by atoms with van der Waals surface area (Å²) >= 11 is 5.96. The first-order valence-corrected chi connectivity index (χ1v) is 6.87. The molecule has 0 saturated carbocycles. The predicted octanol–water partition coefficient (Wildman–Crippen LogP) is 4.16. The Bertz CT molecular complexity index is 742. The van der Waals surface area contributed by atoms with Crippen molar-refractivity contribution >= 4 is 22.5 Å². The molecule has 0 amide bonds. The van der Waals surface area contributed by atoms with Crippen molar-refractivity contribution in [2.45, 2.75) is 12.5 Å². The van der Waals surface area contributed by atoms with Crippen LogP contribution in [0.15, 0.2) is 60.8 Å². The Morgan fingerprint density at radius 2 is 1.90 bits per heavy atom. The van der Waals surface area contributed by atoms with E-state index in [-0.39, 0.29) is 0 Å². The number of pyridine rings is 1. The second-order valence-electron chi connectivity index (χ2n) is 4.81. The highest BCUT2D eigenvalue weighted by molar-refractivity contribution is 6.30. The van der Waals surface area contributed by atoms with Gasteiger partial charge in [-0.3, -0.25) is 4.98 Å². The van der Waals surface area contributed by atoms with Crippen molar-refractivity contribution in [1.29, 1.82) is 0 Å². The van der Waals surface area contributed by atoms with Gasteiger partial charge in [0.1, 0.15) is 0 Å². The van der Waals surface area contributed by atoms with Crippen molar-refractivity contribution in [2.75, 3.05) is 0 Å². The lowest BCUT2D eigenvalue weighted by molar-refractivity contribution is 0.178. The van der Waals surface area contributed by atoms with Crippen LogP contribution in [0.1, 0.15) is 17.2 Å². The summed E-state index contributed by atoms with van der Waals surface area (Å²) in [4.78, 5) is 4.38. The fraction of sp³-hybridized carbons (Fsp3) is 0.118. The van der Waals surface area contributed by atoms with Gasteiger partial charge in [0.05, 0.1) is 11.6 Å². The van der Waals surface area contributed by atoms with Crippen molar-refractivity contribution in [3.05, 3.63) is 76.9 Å². The van der Waals surface area contributed by atoms with Crippen LogP contribution >= 0.6 is 11.6 Å². The Morgan fingerprint density at radius 3 is 2.75 bits per heavy atom. The van der Waals surface area contributed by atoms with E-state index in [0.717, 1.165) is 22.0 Å². The average Bonchev–Trinajstić information content (AvgIpc) is 2.47. The first kappa shape index (κ1) is 13.1. The summed E-state index contributed by atoms with van der Waals surface area (Å²) in [5.74, 6) is 0. The zero-order chi connectivity index (χ0) is 13.9. The van der Waals surface area contributed by atoms with Gasteiger partial charge in [-0.25, -0.2) is 0 Å². The van der Waals surface area contributed by atoms with Crippen LogP contribution in [0.5, 0.6) is 0 Å². The summed E-state index contributed by atoms with van der Waals surface area (Å²) in [5, 5.41) is 12.1. The topological polar surface area (TPSA) is 33.1 Å². The fourth-order valence-electron chi connectivity index (χ4n) is 2.28. The van der Waals surface area contributed by atoms with Crippen molar-refractivity contribution in [3.8, 4) is 0 Å². The number of aromatic nitrogens is 1. The maximum absolute atomic E-state index is 10.3. The van der Waals surface area contributed by atoms with Crippen LogP contribution in [0.3, 0.4) is 0 Å². The fourth-order valence-corrected chi connectivity index (χ4v) is 2.49. The lowest BCUT2D eigenvalue weighted by Crippen LogP contribution is -2.02. The molecule has 2 nitrogen and oxygen atoms in total. The summed E-state index contributed by atoms with van der Waals surface area (Å²) in [6.07, 6.45) is 1.68. The van der Waals surface area contributed by atoms with Gasteiger partial charge in [0, 0.05) is 23.0 Å². The third-order valence-corrected chi connectivity index (χ3v) is 3.55. The second-order valence-corrected chi connectivity index (χ2v) is 5.25. The molecule has 0 bridgehead atoms. The molecule has 0 spiro atoms. The van der Waals surface area contributed by atoms with Gasteiger partial charge >= 0.3 is 0 Å². The summed E-state index contributed by atoms with van der Waals surface area (Å²) in [5.41, 5.74) is 2.77. The van der Waals surface area contributed by atoms with Crippen molar-refractivity contribution < 1.29 is 5.11 Å². The summed E-state index contributed by atoms with van der Waals surface area (Å²) < 4.78 is 0. The van der Waals surface area contributed by atoms with Gasteiger partial charge in [0.2, 0.25) is 0 Å². The number of halogens is 1. The molecule has 3 aromatic rings. The van der Waals surface area contributed by atoms with E-state index < -0.39 is 6.10 Å². The molecule has 2 aromatic carbocycles. The van der Waals surface area contributed by atoms with Gasteiger partial charge in [0.15, 0.2) is 0 Å². The number of fused-ring (bicyclic) bond motifs is 1. The number of hydrogen-bond acceptors (Lipinski definition) is 2. The average molecular weight is 284 g/mol. The molecule has 0 fully saturated rings. The van der Waals surface area contributed by atoms with E-state index in [9.17, 15) is 5.11 Å². The largest absolute Gasteiger partial charge is 0.388 e. The Labute approximate surface area is 122 Å². The highest BCUT2D eigenvalue weighted by atomic mass is 35.5. The van der Waals surface area contributed by atoms with E-state index in [1.807, 2.05) is 54.6 Å². The molecule has 20 heavy (non-hydrogen) atoms. The lowest BCUT2D eigenvalue weighted by atomic mass is 10.0. The molecule has 1 N–H and O–H groups in total. The van der Waals surface area contributed by atoms with Crippen LogP contribution in [0.4, 0.5) is 0 Å². The maximum atomic E-state index is 10.3. The molecular weight excluding hydrogens is 270 g/mol. The Morgan fingerprint density at radius 1 is 1.05 bits per heavy atom. The molecule has 3 heteroatoms. The molecule has 3 rings (SSSR count). The van der Waals surface area contributed by atoms with Gasteiger partial charge in [-0.15, -0.1) is 0 Å². The minimum absolute atomic E-state index is 0.528. The summed E-state index contributed by atoms with van der Waals surface area (Å²) in [6, 6.07) is 17.4. The highest BCUT2D eigenvalue weighted by Crippen LogP contribution is 2.22. The van der Waals surface area contributed by atoms with Gasteiger partial charge in [-0.05, 0) is 35.4 Å². The van der Waals surface area contributed by atoms with Gasteiger partial charge < -0.3 is 5.11 Å². The third kappa shape index (κ3) is 2.82. The number of nitrogens with zero attached hydrogens (tertiary/aromatic N) is 1. The number of aliphatic hydroxyl groups is 1. The maximum Gasteiger partial charge on any atom is 0.0845 e. The highest BCUT2D eigenvalue weighted by Gasteiger charge is 2.10. The van der Waals surface area contributed by atoms with E-state index in [2.05, 4.69) is 4.98 Å². The molecule has 0 aliphatic rings. The standard InChI is InChI=1S/C17H14ClNO/c18-15-6-3-4-12(8-15)9-17(20)14-10-13-5-1-2-7-16(13)19-11-14/h1-8,10-11,17,20H,9H2. The van der Waals surface area contributed by atoms with Gasteiger partial charge in [0.25, 0.3) is 0 Å². The predicted molar refractivity (Wildman–Crippen MR) is 81.9 cm³/mol. The van der Waals surface area contributed by atoms with Crippen LogP contribution in [0.25, 0.3) is 10.9 Å². The van der Waals surface area contributed by atoms with Crippen LogP contribution in [0, 0.1) is 0 Å². The van der Waals surface area contributed by atoms with Gasteiger partial charge in [-0.2, -0.15) is 0 Å². The van der Waals surface area contributed by atoms with E-state index in [1.165, 1.54) is 0 Å². The van der Waals surface area contributed by atoms with Crippen LogP contribution in [-0.2, 0) is 6.42 Å². The number of aliphatic hydroxyl groups excluding tert-OH is 1. The first-order chi connectivity index (χ1) is 9.72. The molecule has 1 aromatic heterocycles. The molecule has 0 saturated heterocycles. The molecule has 1 unspecified atom stereocenters. The number of benzene rings is 2. The second kappa shape index (κ2) is 5.61. The molecule has 0 aliphatic carbocycles. The molecule has 0 aliphatic heterocycles. The third-order valence-electron chi connectivity index (χ3n) is 3.31.